The summed E-state index contributed by atoms with van der Waals surface area (Å²) in [6.07, 6.45) is -15.7. The minimum atomic E-state index is -1.97. The third kappa shape index (κ3) is 4.64. The highest BCUT2D eigenvalue weighted by Gasteiger charge is 2.46. The van der Waals surface area contributed by atoms with Crippen LogP contribution in [0.4, 0.5) is 0 Å². The molecule has 1 fully saturated rings. The van der Waals surface area contributed by atoms with Crippen LogP contribution in [0.25, 0.3) is 0 Å². The van der Waals surface area contributed by atoms with Gasteiger partial charge >= 0.3 is 0 Å². The smallest absolute Gasteiger partial charge is 0.187 e. The molecule has 23 heavy (non-hydrogen) atoms. The third-order valence-electron chi connectivity index (χ3n) is 3.53. The van der Waals surface area contributed by atoms with Crippen molar-refractivity contribution in [2.24, 2.45) is 0 Å². The van der Waals surface area contributed by atoms with E-state index in [9.17, 15) is 35.4 Å². The van der Waals surface area contributed by atoms with E-state index < -0.39 is 68.3 Å². The molecule has 1 rings (SSSR count). The molecule has 0 saturated carbocycles. The van der Waals surface area contributed by atoms with Gasteiger partial charge in [0.25, 0.3) is 0 Å². The van der Waals surface area contributed by atoms with Gasteiger partial charge in [0.05, 0.1) is 13.2 Å². The molecule has 0 aromatic heterocycles. The molecule has 0 radical (unpaired) electrons. The fraction of sp³-hybridized carbons (Fsp3) is 0.917. The molecule has 0 aromatic rings. The zero-order valence-corrected chi connectivity index (χ0v) is 12.0. The number of carbonyl (C=O) groups excluding carboxylic acids is 1. The monoisotopic (exact) mass is 342 g/mol. The highest BCUT2D eigenvalue weighted by molar-refractivity contribution is 5.56. The van der Waals surface area contributed by atoms with E-state index in [1.165, 1.54) is 0 Å². The van der Waals surface area contributed by atoms with Gasteiger partial charge in [-0.15, -0.1) is 0 Å². The van der Waals surface area contributed by atoms with Crippen LogP contribution in [0.2, 0.25) is 0 Å². The van der Waals surface area contributed by atoms with Crippen LogP contribution in [0.3, 0.4) is 0 Å². The predicted molar refractivity (Wildman–Crippen MR) is 69.8 cm³/mol. The van der Waals surface area contributed by atoms with Crippen molar-refractivity contribution in [3.05, 3.63) is 0 Å². The SMILES string of the molecule is O=C[C@@H](O)[C@@H](O)[C@H](OC1O[C@H](CO)[C@@H](O)[C@H](O)[C@H]1O)[C@H](O)CO. The maximum absolute atomic E-state index is 10.5. The Bertz CT molecular complexity index is 365. The molecule has 1 aliphatic rings. The van der Waals surface area contributed by atoms with Crippen molar-refractivity contribution in [2.75, 3.05) is 13.2 Å². The van der Waals surface area contributed by atoms with E-state index in [0.29, 0.717) is 0 Å². The first-order chi connectivity index (χ1) is 10.8. The van der Waals surface area contributed by atoms with E-state index in [1.54, 1.807) is 0 Å². The maximum atomic E-state index is 10.5. The van der Waals surface area contributed by atoms with E-state index in [-0.39, 0.29) is 6.29 Å². The molecule has 11 nitrogen and oxygen atoms in total. The summed E-state index contributed by atoms with van der Waals surface area (Å²) in [5, 5.41) is 75.7. The Hall–Kier alpha value is -0.730. The topological polar surface area (TPSA) is 197 Å². The number of hydrogen-bond acceptors (Lipinski definition) is 11. The molecule has 0 aromatic carbocycles. The Labute approximate surface area is 130 Å². The molecule has 9 atom stereocenters. The Morgan fingerprint density at radius 1 is 1.04 bits per heavy atom. The highest BCUT2D eigenvalue weighted by atomic mass is 16.7. The Kier molecular flexibility index (Phi) is 7.89. The zero-order valence-electron chi connectivity index (χ0n) is 12.0. The van der Waals surface area contributed by atoms with Crippen molar-refractivity contribution >= 4 is 6.29 Å². The van der Waals surface area contributed by atoms with Crippen LogP contribution in [0, 0.1) is 0 Å². The van der Waals surface area contributed by atoms with Crippen LogP contribution in [0.1, 0.15) is 0 Å². The largest absolute Gasteiger partial charge is 0.394 e. The summed E-state index contributed by atoms with van der Waals surface area (Å²) in [6, 6.07) is 0. The normalized spacial score (nSPS) is 37.0. The lowest BCUT2D eigenvalue weighted by molar-refractivity contribution is -0.326. The van der Waals surface area contributed by atoms with Crippen LogP contribution in [-0.2, 0) is 14.3 Å². The van der Waals surface area contributed by atoms with Gasteiger partial charge in [0.15, 0.2) is 12.6 Å². The Balaban J connectivity index is 2.91. The molecule has 8 N–H and O–H groups in total. The van der Waals surface area contributed by atoms with Crippen LogP contribution in [0.5, 0.6) is 0 Å². The number of carbonyl (C=O) groups is 1. The first-order valence-corrected chi connectivity index (χ1v) is 6.84. The summed E-state index contributed by atoms with van der Waals surface area (Å²) in [5.41, 5.74) is 0. The molecule has 0 bridgehead atoms. The second-order valence-electron chi connectivity index (χ2n) is 5.17. The molecule has 0 spiro atoms. The number of rotatable bonds is 8. The average Bonchev–Trinajstić information content (AvgIpc) is 2.57. The van der Waals surface area contributed by atoms with Crippen molar-refractivity contribution < 1.29 is 55.1 Å². The van der Waals surface area contributed by atoms with Gasteiger partial charge in [0, 0.05) is 0 Å². The molecule has 0 amide bonds. The summed E-state index contributed by atoms with van der Waals surface area (Å²) >= 11 is 0. The number of ether oxygens (including phenoxy) is 2. The molecule has 136 valence electrons. The molecular formula is C12H22O11. The van der Waals surface area contributed by atoms with Gasteiger partial charge in [-0.05, 0) is 0 Å². The minimum Gasteiger partial charge on any atom is -0.394 e. The van der Waals surface area contributed by atoms with Crippen molar-refractivity contribution in [1.82, 2.24) is 0 Å². The first-order valence-electron chi connectivity index (χ1n) is 6.84. The number of aldehydes is 1. The molecule has 0 aliphatic carbocycles. The standard InChI is InChI=1S/C12H22O11/c13-1-4(16)7(18)11(5(17)2-14)23-12-10(21)9(20)8(19)6(3-15)22-12/h1,4-12,14-21H,2-3H2/t4-,5-,6-,7-,8-,9+,10-,11-,12?/m1/s1. The van der Waals surface area contributed by atoms with Crippen molar-refractivity contribution in [3.8, 4) is 0 Å². The quantitative estimate of drug-likeness (QED) is 0.196. The summed E-state index contributed by atoms with van der Waals surface area (Å²) < 4.78 is 10.1. The van der Waals surface area contributed by atoms with Crippen LogP contribution >= 0.6 is 0 Å². The number of aliphatic hydroxyl groups excluding tert-OH is 8. The first kappa shape index (κ1) is 20.3. The van der Waals surface area contributed by atoms with E-state index in [1.807, 2.05) is 0 Å². The van der Waals surface area contributed by atoms with Crippen molar-refractivity contribution in [1.29, 1.82) is 0 Å². The lowest BCUT2D eigenvalue weighted by atomic mass is 9.98. The average molecular weight is 342 g/mol. The second-order valence-corrected chi connectivity index (χ2v) is 5.17. The van der Waals surface area contributed by atoms with Gasteiger partial charge in [-0.1, -0.05) is 0 Å². The van der Waals surface area contributed by atoms with E-state index >= 15 is 0 Å². The third-order valence-corrected chi connectivity index (χ3v) is 3.53. The second kappa shape index (κ2) is 8.94. The summed E-state index contributed by atoms with van der Waals surface area (Å²) in [5.74, 6) is 0. The molecule has 1 heterocycles. The zero-order chi connectivity index (χ0) is 17.7. The lowest BCUT2D eigenvalue weighted by Gasteiger charge is -2.42. The van der Waals surface area contributed by atoms with Crippen molar-refractivity contribution in [2.45, 2.75) is 55.1 Å². The van der Waals surface area contributed by atoms with Gasteiger partial charge in [-0.2, -0.15) is 0 Å². The van der Waals surface area contributed by atoms with Gasteiger partial charge < -0.3 is 55.1 Å². The molecule has 1 unspecified atom stereocenters. The van der Waals surface area contributed by atoms with Gasteiger partial charge in [0.1, 0.15) is 48.8 Å². The lowest BCUT2D eigenvalue weighted by Crippen LogP contribution is -2.61. The van der Waals surface area contributed by atoms with Crippen LogP contribution < -0.4 is 0 Å². The number of hydrogen-bond donors (Lipinski definition) is 8. The molecule has 1 saturated heterocycles. The summed E-state index contributed by atoms with van der Waals surface area (Å²) in [6.45, 7) is -1.64. The van der Waals surface area contributed by atoms with E-state index in [0.717, 1.165) is 0 Å². The fourth-order valence-corrected chi connectivity index (χ4v) is 2.11. The Morgan fingerprint density at radius 2 is 1.65 bits per heavy atom. The molecule has 1 aliphatic heterocycles. The maximum Gasteiger partial charge on any atom is 0.187 e. The van der Waals surface area contributed by atoms with Gasteiger partial charge in [-0.3, -0.25) is 0 Å². The van der Waals surface area contributed by atoms with Crippen LogP contribution in [0.15, 0.2) is 0 Å². The number of aliphatic hydroxyl groups is 8. The molecule has 11 heteroatoms. The van der Waals surface area contributed by atoms with Gasteiger partial charge in [0.2, 0.25) is 0 Å². The summed E-state index contributed by atoms with van der Waals surface area (Å²) in [4.78, 5) is 10.5. The fourth-order valence-electron chi connectivity index (χ4n) is 2.11. The predicted octanol–water partition coefficient (Wildman–Crippen LogP) is -5.55. The summed E-state index contributed by atoms with van der Waals surface area (Å²) in [7, 11) is 0. The minimum absolute atomic E-state index is 0.0294. The van der Waals surface area contributed by atoms with E-state index in [4.69, 9.17) is 19.7 Å². The van der Waals surface area contributed by atoms with Gasteiger partial charge in [-0.25, -0.2) is 0 Å². The highest BCUT2D eigenvalue weighted by Crippen LogP contribution is 2.24. The van der Waals surface area contributed by atoms with E-state index in [2.05, 4.69) is 0 Å². The van der Waals surface area contributed by atoms with Crippen molar-refractivity contribution in [3.63, 3.8) is 0 Å². The molecular weight excluding hydrogens is 320 g/mol. The van der Waals surface area contributed by atoms with Crippen LogP contribution in [-0.4, -0.2) is 115 Å². The Morgan fingerprint density at radius 3 is 2.13 bits per heavy atom.